The number of nitrogens with one attached hydrogen (secondary N) is 1. The van der Waals surface area contributed by atoms with Gasteiger partial charge in [-0.3, -0.25) is 0 Å². The molecule has 0 heterocycles. The molecule has 0 spiro atoms. The van der Waals surface area contributed by atoms with Crippen LogP contribution in [0.4, 0.5) is 0 Å². The van der Waals surface area contributed by atoms with E-state index in [1.54, 1.807) is 7.11 Å². The standard InChI is InChI=1S/C16H25NO2/c1-17-14(12-16(19-3)9-4-10-16)11-13-5-7-15(18-2)8-6-13/h5-8,14,17H,4,9-12H2,1-3H3. The van der Waals surface area contributed by atoms with Gasteiger partial charge in [-0.15, -0.1) is 0 Å². The summed E-state index contributed by atoms with van der Waals surface area (Å²) in [6.07, 6.45) is 5.82. The molecule has 19 heavy (non-hydrogen) atoms. The highest BCUT2D eigenvalue weighted by Crippen LogP contribution is 2.39. The molecule has 0 radical (unpaired) electrons. The fraction of sp³-hybridized carbons (Fsp3) is 0.625. The van der Waals surface area contributed by atoms with Crippen molar-refractivity contribution in [2.45, 2.75) is 43.7 Å². The van der Waals surface area contributed by atoms with Gasteiger partial charge in [0.2, 0.25) is 0 Å². The highest BCUT2D eigenvalue weighted by Gasteiger charge is 2.38. The molecule has 1 fully saturated rings. The summed E-state index contributed by atoms with van der Waals surface area (Å²) < 4.78 is 10.9. The molecule has 1 aliphatic carbocycles. The molecule has 2 rings (SSSR count). The first-order chi connectivity index (χ1) is 9.21. The molecule has 1 aromatic carbocycles. The second kappa shape index (κ2) is 6.40. The number of ether oxygens (including phenoxy) is 2. The average molecular weight is 263 g/mol. The molecular weight excluding hydrogens is 238 g/mol. The van der Waals surface area contributed by atoms with Crippen molar-refractivity contribution in [2.24, 2.45) is 0 Å². The van der Waals surface area contributed by atoms with Gasteiger partial charge >= 0.3 is 0 Å². The molecular formula is C16H25NO2. The van der Waals surface area contributed by atoms with Crippen LogP contribution in [0.5, 0.6) is 5.75 Å². The molecule has 1 aromatic rings. The number of benzene rings is 1. The number of likely N-dealkylation sites (N-methyl/N-ethyl adjacent to an activating group) is 1. The smallest absolute Gasteiger partial charge is 0.118 e. The fourth-order valence-electron chi connectivity index (χ4n) is 2.83. The minimum atomic E-state index is 0.125. The third-order valence-electron chi connectivity index (χ3n) is 4.37. The van der Waals surface area contributed by atoms with Gasteiger partial charge < -0.3 is 14.8 Å². The van der Waals surface area contributed by atoms with Gasteiger partial charge in [0.1, 0.15) is 5.75 Å². The van der Waals surface area contributed by atoms with Crippen molar-refractivity contribution in [3.05, 3.63) is 29.8 Å². The molecule has 1 aliphatic rings. The number of methoxy groups -OCH3 is 2. The third-order valence-corrected chi connectivity index (χ3v) is 4.37. The quantitative estimate of drug-likeness (QED) is 0.820. The Hall–Kier alpha value is -1.06. The lowest BCUT2D eigenvalue weighted by molar-refractivity contribution is -0.0830. The van der Waals surface area contributed by atoms with Crippen LogP contribution in [0.25, 0.3) is 0 Å². The van der Waals surface area contributed by atoms with Gasteiger partial charge in [0.05, 0.1) is 12.7 Å². The summed E-state index contributed by atoms with van der Waals surface area (Å²) in [5, 5.41) is 3.43. The molecule has 1 saturated carbocycles. The van der Waals surface area contributed by atoms with Crippen molar-refractivity contribution in [2.75, 3.05) is 21.3 Å². The number of hydrogen-bond donors (Lipinski definition) is 1. The molecule has 3 nitrogen and oxygen atoms in total. The Labute approximate surface area is 116 Å². The van der Waals surface area contributed by atoms with E-state index in [0.717, 1.165) is 18.6 Å². The van der Waals surface area contributed by atoms with Crippen LogP contribution in [0, 0.1) is 0 Å². The van der Waals surface area contributed by atoms with Crippen LogP contribution in [-0.2, 0) is 11.2 Å². The van der Waals surface area contributed by atoms with Gasteiger partial charge in [-0.05, 0) is 56.8 Å². The van der Waals surface area contributed by atoms with E-state index in [1.807, 2.05) is 26.3 Å². The van der Waals surface area contributed by atoms with Gasteiger partial charge in [-0.2, -0.15) is 0 Å². The number of rotatable bonds is 7. The zero-order chi connectivity index (χ0) is 13.7. The van der Waals surface area contributed by atoms with Crippen molar-refractivity contribution in [3.8, 4) is 5.75 Å². The summed E-state index contributed by atoms with van der Waals surface area (Å²) in [5.41, 5.74) is 1.46. The fourth-order valence-corrected chi connectivity index (χ4v) is 2.83. The minimum absolute atomic E-state index is 0.125. The summed E-state index contributed by atoms with van der Waals surface area (Å²) in [6.45, 7) is 0. The first-order valence-electron chi connectivity index (χ1n) is 7.07. The van der Waals surface area contributed by atoms with E-state index in [2.05, 4.69) is 17.4 Å². The van der Waals surface area contributed by atoms with Crippen molar-refractivity contribution in [3.63, 3.8) is 0 Å². The molecule has 0 amide bonds. The highest BCUT2D eigenvalue weighted by atomic mass is 16.5. The van der Waals surface area contributed by atoms with Crippen molar-refractivity contribution in [1.29, 1.82) is 0 Å². The van der Waals surface area contributed by atoms with E-state index in [4.69, 9.17) is 9.47 Å². The zero-order valence-corrected chi connectivity index (χ0v) is 12.2. The highest BCUT2D eigenvalue weighted by molar-refractivity contribution is 5.27. The Bertz CT molecular complexity index is 379. The third kappa shape index (κ3) is 3.48. The summed E-state index contributed by atoms with van der Waals surface area (Å²) in [4.78, 5) is 0. The second-order valence-corrected chi connectivity index (χ2v) is 5.48. The molecule has 1 atom stereocenters. The average Bonchev–Trinajstić information content (AvgIpc) is 2.42. The Morgan fingerprint density at radius 3 is 2.32 bits per heavy atom. The molecule has 0 saturated heterocycles. The van der Waals surface area contributed by atoms with E-state index >= 15 is 0 Å². The molecule has 1 N–H and O–H groups in total. The van der Waals surface area contributed by atoms with E-state index in [-0.39, 0.29) is 5.60 Å². The lowest BCUT2D eigenvalue weighted by Gasteiger charge is -2.42. The van der Waals surface area contributed by atoms with Crippen LogP contribution in [0.15, 0.2) is 24.3 Å². The SMILES string of the molecule is CNC(Cc1ccc(OC)cc1)CC1(OC)CCC1. The van der Waals surface area contributed by atoms with E-state index in [1.165, 1.54) is 24.8 Å². The Balaban J connectivity index is 1.94. The van der Waals surface area contributed by atoms with Gasteiger partial charge in [0, 0.05) is 13.2 Å². The van der Waals surface area contributed by atoms with Gasteiger partial charge in [-0.1, -0.05) is 12.1 Å². The maximum absolute atomic E-state index is 5.72. The van der Waals surface area contributed by atoms with Crippen molar-refractivity contribution >= 4 is 0 Å². The molecule has 1 unspecified atom stereocenters. The maximum Gasteiger partial charge on any atom is 0.118 e. The summed E-state index contributed by atoms with van der Waals surface area (Å²) in [7, 11) is 5.58. The molecule has 106 valence electrons. The first kappa shape index (κ1) is 14.4. The lowest BCUT2D eigenvalue weighted by atomic mass is 9.75. The molecule has 0 aliphatic heterocycles. The minimum Gasteiger partial charge on any atom is -0.497 e. The molecule has 3 heteroatoms. The molecule has 0 bridgehead atoms. The van der Waals surface area contributed by atoms with Crippen LogP contribution in [0.1, 0.15) is 31.2 Å². The largest absolute Gasteiger partial charge is 0.497 e. The van der Waals surface area contributed by atoms with E-state index in [0.29, 0.717) is 6.04 Å². The van der Waals surface area contributed by atoms with Crippen LogP contribution in [-0.4, -0.2) is 32.9 Å². The number of hydrogen-bond acceptors (Lipinski definition) is 3. The van der Waals surface area contributed by atoms with E-state index < -0.39 is 0 Å². The van der Waals surface area contributed by atoms with Crippen LogP contribution < -0.4 is 10.1 Å². The van der Waals surface area contributed by atoms with Gasteiger partial charge in [0.15, 0.2) is 0 Å². The first-order valence-corrected chi connectivity index (χ1v) is 7.07. The van der Waals surface area contributed by atoms with Crippen LogP contribution >= 0.6 is 0 Å². The lowest BCUT2D eigenvalue weighted by Crippen LogP contribution is -2.45. The van der Waals surface area contributed by atoms with E-state index in [9.17, 15) is 0 Å². The predicted octanol–water partition coefficient (Wildman–Crippen LogP) is 2.78. The Morgan fingerprint density at radius 2 is 1.89 bits per heavy atom. The summed E-state index contributed by atoms with van der Waals surface area (Å²) in [6, 6.07) is 8.80. The van der Waals surface area contributed by atoms with Crippen molar-refractivity contribution < 1.29 is 9.47 Å². The van der Waals surface area contributed by atoms with Gasteiger partial charge in [0.25, 0.3) is 0 Å². The summed E-state index contributed by atoms with van der Waals surface area (Å²) >= 11 is 0. The molecule has 0 aromatic heterocycles. The predicted molar refractivity (Wildman–Crippen MR) is 77.8 cm³/mol. The zero-order valence-electron chi connectivity index (χ0n) is 12.2. The normalized spacial score (nSPS) is 18.7. The monoisotopic (exact) mass is 263 g/mol. The Morgan fingerprint density at radius 1 is 1.21 bits per heavy atom. The van der Waals surface area contributed by atoms with Crippen molar-refractivity contribution in [1.82, 2.24) is 5.32 Å². The van der Waals surface area contributed by atoms with Crippen LogP contribution in [0.3, 0.4) is 0 Å². The topological polar surface area (TPSA) is 30.5 Å². The Kier molecular flexibility index (Phi) is 4.83. The summed E-state index contributed by atoms with van der Waals surface area (Å²) in [5.74, 6) is 0.914. The van der Waals surface area contributed by atoms with Gasteiger partial charge in [-0.25, -0.2) is 0 Å². The van der Waals surface area contributed by atoms with Crippen LogP contribution in [0.2, 0.25) is 0 Å². The maximum atomic E-state index is 5.72. The second-order valence-electron chi connectivity index (χ2n) is 5.48.